The molecule has 0 saturated carbocycles. The van der Waals surface area contributed by atoms with Crippen LogP contribution < -0.4 is 10.1 Å². The number of ether oxygens (including phenoxy) is 1. The third-order valence-electron chi connectivity index (χ3n) is 3.43. The number of carbonyl (C=O) groups excluding carboxylic acids is 1. The molecule has 1 aromatic heterocycles. The lowest BCUT2D eigenvalue weighted by atomic mass is 10.3. The molecule has 0 atom stereocenters. The lowest BCUT2D eigenvalue weighted by Crippen LogP contribution is -2.27. The highest BCUT2D eigenvalue weighted by molar-refractivity contribution is 8.00. The summed E-state index contributed by atoms with van der Waals surface area (Å²) in [4.78, 5) is 17.6. The number of hydrogen-bond donors (Lipinski definition) is 1. The van der Waals surface area contributed by atoms with Crippen molar-refractivity contribution in [2.45, 2.75) is 11.3 Å². The molecule has 0 radical (unpaired) electrons. The summed E-state index contributed by atoms with van der Waals surface area (Å²) in [6, 6.07) is 15.8. The van der Waals surface area contributed by atoms with E-state index in [-0.39, 0.29) is 5.91 Å². The minimum absolute atomic E-state index is 0.0388. The summed E-state index contributed by atoms with van der Waals surface area (Å²) in [6.07, 6.45) is 0.762. The van der Waals surface area contributed by atoms with Crippen molar-refractivity contribution in [3.63, 3.8) is 0 Å². The van der Waals surface area contributed by atoms with Crippen LogP contribution in [-0.2, 0) is 11.2 Å². The Morgan fingerprint density at radius 2 is 2.00 bits per heavy atom. The molecular weight excluding hydrogens is 340 g/mol. The number of amides is 1. The minimum Gasteiger partial charge on any atom is -0.497 e. The largest absolute Gasteiger partial charge is 0.497 e. The maximum atomic E-state index is 11.9. The Morgan fingerprint density at radius 1 is 1.21 bits per heavy atom. The number of thioether (sulfide) groups is 1. The van der Waals surface area contributed by atoms with E-state index < -0.39 is 0 Å². The van der Waals surface area contributed by atoms with E-state index in [1.807, 2.05) is 42.5 Å². The van der Waals surface area contributed by atoms with Gasteiger partial charge in [-0.2, -0.15) is 0 Å². The van der Waals surface area contributed by atoms with Gasteiger partial charge in [0.2, 0.25) is 5.91 Å². The van der Waals surface area contributed by atoms with Gasteiger partial charge in [-0.15, -0.1) is 23.1 Å². The SMILES string of the molecule is COc1ccc(SCC(=O)NCCc2nc3ccccc3s2)cc1. The van der Waals surface area contributed by atoms with Crippen LogP contribution in [0.15, 0.2) is 53.4 Å². The molecule has 0 aliphatic rings. The fourth-order valence-electron chi connectivity index (χ4n) is 2.21. The molecular formula is C18H18N2O2S2. The molecule has 1 N–H and O–H groups in total. The zero-order valence-corrected chi connectivity index (χ0v) is 15.0. The lowest BCUT2D eigenvalue weighted by molar-refractivity contribution is -0.118. The van der Waals surface area contributed by atoms with Gasteiger partial charge in [0.15, 0.2) is 0 Å². The smallest absolute Gasteiger partial charge is 0.230 e. The van der Waals surface area contributed by atoms with Crippen LogP contribution >= 0.6 is 23.1 Å². The second-order valence-corrected chi connectivity index (χ2v) is 7.30. The summed E-state index contributed by atoms with van der Waals surface area (Å²) < 4.78 is 6.31. The van der Waals surface area contributed by atoms with E-state index in [1.54, 1.807) is 18.4 Å². The number of benzene rings is 2. The summed E-state index contributed by atoms with van der Waals surface area (Å²) in [5.41, 5.74) is 1.03. The summed E-state index contributed by atoms with van der Waals surface area (Å²) in [5.74, 6) is 1.27. The molecule has 2 aromatic carbocycles. The van der Waals surface area contributed by atoms with Gasteiger partial charge in [-0.05, 0) is 36.4 Å². The summed E-state index contributed by atoms with van der Waals surface area (Å²) >= 11 is 3.20. The third kappa shape index (κ3) is 4.49. The molecule has 0 spiro atoms. The van der Waals surface area contributed by atoms with Gasteiger partial charge in [-0.1, -0.05) is 12.1 Å². The number of para-hydroxylation sites is 1. The molecule has 0 bridgehead atoms. The predicted octanol–water partition coefficient (Wildman–Crippen LogP) is 3.76. The first kappa shape index (κ1) is 16.8. The van der Waals surface area contributed by atoms with Crippen LogP contribution in [0.4, 0.5) is 0 Å². The van der Waals surface area contributed by atoms with Crippen molar-refractivity contribution in [3.05, 3.63) is 53.5 Å². The molecule has 0 unspecified atom stereocenters. The number of rotatable bonds is 7. The summed E-state index contributed by atoms with van der Waals surface area (Å²) in [7, 11) is 1.64. The fourth-order valence-corrected chi connectivity index (χ4v) is 3.90. The van der Waals surface area contributed by atoms with Gasteiger partial charge >= 0.3 is 0 Å². The first-order chi connectivity index (χ1) is 11.7. The van der Waals surface area contributed by atoms with Crippen LogP contribution in [0.3, 0.4) is 0 Å². The molecule has 0 aliphatic heterocycles. The number of carbonyl (C=O) groups is 1. The lowest BCUT2D eigenvalue weighted by Gasteiger charge is -2.05. The van der Waals surface area contributed by atoms with Gasteiger partial charge in [0, 0.05) is 17.9 Å². The number of nitrogens with zero attached hydrogens (tertiary/aromatic N) is 1. The Labute approximate surface area is 149 Å². The number of thiazole rings is 1. The molecule has 1 heterocycles. The number of nitrogens with one attached hydrogen (secondary N) is 1. The normalized spacial score (nSPS) is 10.7. The van der Waals surface area contributed by atoms with Gasteiger partial charge in [0.25, 0.3) is 0 Å². The van der Waals surface area contributed by atoms with Crippen molar-refractivity contribution < 1.29 is 9.53 Å². The van der Waals surface area contributed by atoms with Crippen molar-refractivity contribution >= 4 is 39.2 Å². The third-order valence-corrected chi connectivity index (χ3v) is 5.54. The molecule has 4 nitrogen and oxygen atoms in total. The molecule has 1 amide bonds. The van der Waals surface area contributed by atoms with Crippen LogP contribution in [0.2, 0.25) is 0 Å². The first-order valence-corrected chi connectivity index (χ1v) is 9.43. The van der Waals surface area contributed by atoms with E-state index in [0.717, 1.165) is 27.6 Å². The van der Waals surface area contributed by atoms with Gasteiger partial charge in [-0.25, -0.2) is 4.98 Å². The Bertz CT molecular complexity index is 782. The van der Waals surface area contributed by atoms with Gasteiger partial charge < -0.3 is 10.1 Å². The van der Waals surface area contributed by atoms with E-state index in [9.17, 15) is 4.79 Å². The Kier molecular flexibility index (Phi) is 5.72. The summed E-state index contributed by atoms with van der Waals surface area (Å²) in [5, 5.41) is 4.01. The van der Waals surface area contributed by atoms with Crippen molar-refractivity contribution in [2.24, 2.45) is 0 Å². The zero-order chi connectivity index (χ0) is 16.8. The highest BCUT2D eigenvalue weighted by Gasteiger charge is 2.06. The van der Waals surface area contributed by atoms with Crippen molar-refractivity contribution in [3.8, 4) is 5.75 Å². The van der Waals surface area contributed by atoms with Gasteiger partial charge in [-0.3, -0.25) is 4.79 Å². The minimum atomic E-state index is 0.0388. The zero-order valence-electron chi connectivity index (χ0n) is 13.3. The van der Waals surface area contributed by atoms with E-state index in [2.05, 4.69) is 16.4 Å². The van der Waals surface area contributed by atoms with Gasteiger partial charge in [0.05, 0.1) is 28.1 Å². The topological polar surface area (TPSA) is 51.2 Å². The van der Waals surface area contributed by atoms with Gasteiger partial charge in [0.1, 0.15) is 5.75 Å². The second kappa shape index (κ2) is 8.17. The van der Waals surface area contributed by atoms with Crippen LogP contribution in [0, 0.1) is 0 Å². The molecule has 24 heavy (non-hydrogen) atoms. The molecule has 3 rings (SSSR count). The molecule has 124 valence electrons. The standard InChI is InChI=1S/C18H18N2O2S2/c1-22-13-6-8-14(9-7-13)23-12-17(21)19-11-10-18-20-15-4-2-3-5-16(15)24-18/h2-9H,10-12H2,1H3,(H,19,21). The molecule has 0 saturated heterocycles. The quantitative estimate of drug-likeness (QED) is 0.654. The fraction of sp³-hybridized carbons (Fsp3) is 0.222. The average molecular weight is 358 g/mol. The van der Waals surface area contributed by atoms with Crippen LogP contribution in [0.5, 0.6) is 5.75 Å². The molecule has 0 aliphatic carbocycles. The molecule has 0 fully saturated rings. The first-order valence-electron chi connectivity index (χ1n) is 7.62. The van der Waals surface area contributed by atoms with Crippen molar-refractivity contribution in [2.75, 3.05) is 19.4 Å². The second-order valence-electron chi connectivity index (χ2n) is 5.14. The maximum Gasteiger partial charge on any atom is 0.230 e. The highest BCUT2D eigenvalue weighted by atomic mass is 32.2. The number of aromatic nitrogens is 1. The molecule has 6 heteroatoms. The molecule has 3 aromatic rings. The highest BCUT2D eigenvalue weighted by Crippen LogP contribution is 2.22. The van der Waals surface area contributed by atoms with Crippen LogP contribution in [0.25, 0.3) is 10.2 Å². The van der Waals surface area contributed by atoms with Crippen molar-refractivity contribution in [1.29, 1.82) is 0 Å². The monoisotopic (exact) mass is 358 g/mol. The average Bonchev–Trinajstić information content (AvgIpc) is 3.03. The number of fused-ring (bicyclic) bond motifs is 1. The van der Waals surface area contributed by atoms with Crippen molar-refractivity contribution in [1.82, 2.24) is 10.3 Å². The Morgan fingerprint density at radius 3 is 2.75 bits per heavy atom. The van der Waals surface area contributed by atoms with E-state index >= 15 is 0 Å². The predicted molar refractivity (Wildman–Crippen MR) is 100 cm³/mol. The number of methoxy groups -OCH3 is 1. The summed E-state index contributed by atoms with van der Waals surface area (Å²) in [6.45, 7) is 0.613. The van der Waals surface area contributed by atoms with E-state index in [4.69, 9.17) is 4.74 Å². The van der Waals surface area contributed by atoms with E-state index in [1.165, 1.54) is 16.5 Å². The Balaban J connectivity index is 1.41. The van der Waals surface area contributed by atoms with Crippen LogP contribution in [0.1, 0.15) is 5.01 Å². The van der Waals surface area contributed by atoms with Crippen LogP contribution in [-0.4, -0.2) is 30.3 Å². The maximum absolute atomic E-state index is 11.9. The number of hydrogen-bond acceptors (Lipinski definition) is 5. The Hall–Kier alpha value is -2.05. The van der Waals surface area contributed by atoms with E-state index in [0.29, 0.717) is 12.3 Å².